The van der Waals surface area contributed by atoms with Crippen LogP contribution in [0, 0.1) is 5.82 Å². The third kappa shape index (κ3) is 3.05. The largest absolute Gasteiger partial charge is 0.496 e. The summed E-state index contributed by atoms with van der Waals surface area (Å²) in [7, 11) is 4.89. The Labute approximate surface area is 93.4 Å². The normalized spacial score (nSPS) is 10.5. The van der Waals surface area contributed by atoms with E-state index in [0.717, 1.165) is 6.07 Å². The molecule has 0 atom stereocenters. The molecule has 0 N–H and O–H groups in total. The maximum atomic E-state index is 13.0. The molecule has 0 radical (unpaired) electrons. The summed E-state index contributed by atoms with van der Waals surface area (Å²) < 4.78 is 17.9. The summed E-state index contributed by atoms with van der Waals surface area (Å²) in [6.07, 6.45) is 1.35. The van der Waals surface area contributed by atoms with Crippen molar-refractivity contribution in [2.45, 2.75) is 0 Å². The Hall–Kier alpha value is -1.91. The first-order valence-corrected chi connectivity index (χ1v) is 4.63. The van der Waals surface area contributed by atoms with E-state index in [1.165, 1.54) is 25.6 Å². The third-order valence-corrected chi connectivity index (χ3v) is 1.80. The van der Waals surface area contributed by atoms with Crippen LogP contribution in [0.2, 0.25) is 0 Å². The zero-order valence-corrected chi connectivity index (χ0v) is 9.40. The van der Waals surface area contributed by atoms with Crippen LogP contribution < -0.4 is 4.74 Å². The molecule has 0 unspecified atom stereocenters. The third-order valence-electron chi connectivity index (χ3n) is 1.80. The van der Waals surface area contributed by atoms with Crippen LogP contribution in [-0.4, -0.2) is 38.4 Å². The van der Waals surface area contributed by atoms with Gasteiger partial charge < -0.3 is 9.64 Å². The Bertz CT molecular complexity index is 416. The zero-order chi connectivity index (χ0) is 12.1. The summed E-state index contributed by atoms with van der Waals surface area (Å²) >= 11 is 0. The number of ether oxygens (including phenoxy) is 1. The Balaban J connectivity index is 3.02. The predicted molar refractivity (Wildman–Crippen MR) is 59.5 cm³/mol. The van der Waals surface area contributed by atoms with Crippen molar-refractivity contribution in [2.24, 2.45) is 4.99 Å². The molecule has 0 spiro atoms. The second kappa shape index (κ2) is 5.25. The fourth-order valence-electron chi connectivity index (χ4n) is 1.08. The number of amides is 1. The first-order chi connectivity index (χ1) is 7.54. The number of carbonyl (C=O) groups excluding carboxylic acids is 1. The van der Waals surface area contributed by atoms with Gasteiger partial charge >= 0.3 is 0 Å². The molecule has 0 aliphatic carbocycles. The highest BCUT2D eigenvalue weighted by Gasteiger charge is 2.11. The van der Waals surface area contributed by atoms with Crippen molar-refractivity contribution in [1.82, 2.24) is 4.90 Å². The van der Waals surface area contributed by atoms with E-state index in [1.54, 1.807) is 19.0 Å². The number of hydrogen-bond acceptors (Lipinski definition) is 2. The average molecular weight is 224 g/mol. The van der Waals surface area contributed by atoms with E-state index in [9.17, 15) is 9.18 Å². The van der Waals surface area contributed by atoms with Crippen LogP contribution in [0.1, 0.15) is 10.4 Å². The Morgan fingerprint density at radius 1 is 1.50 bits per heavy atom. The molecule has 0 heterocycles. The summed E-state index contributed by atoms with van der Waals surface area (Å²) in [5.41, 5.74) is 0.112. The monoisotopic (exact) mass is 224 g/mol. The first-order valence-electron chi connectivity index (χ1n) is 4.63. The van der Waals surface area contributed by atoms with E-state index in [4.69, 9.17) is 4.74 Å². The van der Waals surface area contributed by atoms with Crippen molar-refractivity contribution in [3.63, 3.8) is 0 Å². The van der Waals surface area contributed by atoms with E-state index in [0.29, 0.717) is 5.75 Å². The van der Waals surface area contributed by atoms with Gasteiger partial charge in [-0.25, -0.2) is 4.39 Å². The second-order valence-electron chi connectivity index (χ2n) is 3.36. The molecule has 0 aliphatic rings. The Morgan fingerprint density at radius 3 is 2.75 bits per heavy atom. The first kappa shape index (κ1) is 12.2. The lowest BCUT2D eigenvalue weighted by Gasteiger charge is -2.06. The number of hydrogen-bond donors (Lipinski definition) is 0. The minimum atomic E-state index is -0.537. The SMILES string of the molecule is COc1ccc(F)cc1C(=O)/N=C/N(C)C. The van der Waals surface area contributed by atoms with Crippen LogP contribution in [-0.2, 0) is 0 Å². The number of methoxy groups -OCH3 is 1. The fraction of sp³-hybridized carbons (Fsp3) is 0.273. The van der Waals surface area contributed by atoms with Crippen molar-refractivity contribution < 1.29 is 13.9 Å². The molecule has 0 bridgehead atoms. The average Bonchev–Trinajstić information content (AvgIpc) is 2.25. The minimum Gasteiger partial charge on any atom is -0.496 e. The van der Waals surface area contributed by atoms with Gasteiger partial charge in [0.15, 0.2) is 0 Å². The van der Waals surface area contributed by atoms with Gasteiger partial charge in [0.1, 0.15) is 11.6 Å². The summed E-state index contributed by atoms with van der Waals surface area (Å²) in [6.45, 7) is 0. The van der Waals surface area contributed by atoms with E-state index in [1.807, 2.05) is 0 Å². The van der Waals surface area contributed by atoms with Crippen LogP contribution in [0.4, 0.5) is 4.39 Å². The van der Waals surface area contributed by atoms with Gasteiger partial charge in [-0.2, -0.15) is 4.99 Å². The lowest BCUT2D eigenvalue weighted by molar-refractivity contribution is 0.0999. The molecule has 0 aliphatic heterocycles. The summed E-state index contributed by atoms with van der Waals surface area (Å²) in [5.74, 6) is -0.725. The van der Waals surface area contributed by atoms with Crippen LogP contribution in [0.3, 0.4) is 0 Å². The van der Waals surface area contributed by atoms with Gasteiger partial charge in [0.2, 0.25) is 0 Å². The number of rotatable bonds is 3. The second-order valence-corrected chi connectivity index (χ2v) is 3.36. The van der Waals surface area contributed by atoms with Crippen molar-refractivity contribution >= 4 is 12.2 Å². The number of benzene rings is 1. The van der Waals surface area contributed by atoms with Crippen LogP contribution in [0.15, 0.2) is 23.2 Å². The topological polar surface area (TPSA) is 41.9 Å². The van der Waals surface area contributed by atoms with Gasteiger partial charge in [-0.1, -0.05) is 0 Å². The van der Waals surface area contributed by atoms with Crippen LogP contribution in [0.25, 0.3) is 0 Å². The lowest BCUT2D eigenvalue weighted by atomic mass is 10.2. The highest BCUT2D eigenvalue weighted by molar-refractivity contribution is 6.00. The Morgan fingerprint density at radius 2 is 2.19 bits per heavy atom. The maximum absolute atomic E-state index is 13.0. The van der Waals surface area contributed by atoms with Gasteiger partial charge in [0, 0.05) is 14.1 Å². The quantitative estimate of drug-likeness (QED) is 0.578. The summed E-state index contributed by atoms with van der Waals surface area (Å²) in [6, 6.07) is 3.73. The summed E-state index contributed by atoms with van der Waals surface area (Å²) in [5, 5.41) is 0. The molecule has 0 saturated heterocycles. The molecular weight excluding hydrogens is 211 g/mol. The van der Waals surface area contributed by atoms with Crippen molar-refractivity contribution in [1.29, 1.82) is 0 Å². The molecule has 5 heteroatoms. The smallest absolute Gasteiger partial charge is 0.282 e. The lowest BCUT2D eigenvalue weighted by Crippen LogP contribution is -2.10. The molecule has 86 valence electrons. The standard InChI is InChI=1S/C11H13FN2O2/c1-14(2)7-13-11(15)9-6-8(12)4-5-10(9)16-3/h4-7H,1-3H3/b13-7+. The molecular formula is C11H13FN2O2. The van der Waals surface area contributed by atoms with Gasteiger partial charge in [-0.15, -0.1) is 0 Å². The fourth-order valence-corrected chi connectivity index (χ4v) is 1.08. The molecule has 0 saturated carbocycles. The van der Waals surface area contributed by atoms with Crippen LogP contribution >= 0.6 is 0 Å². The Kier molecular flexibility index (Phi) is 3.99. The number of halogens is 1. The van der Waals surface area contributed by atoms with Crippen LogP contribution in [0.5, 0.6) is 5.75 Å². The van der Waals surface area contributed by atoms with Gasteiger partial charge in [-0.3, -0.25) is 4.79 Å². The van der Waals surface area contributed by atoms with E-state index >= 15 is 0 Å². The maximum Gasteiger partial charge on any atom is 0.282 e. The van der Waals surface area contributed by atoms with Gasteiger partial charge in [0.25, 0.3) is 5.91 Å². The van der Waals surface area contributed by atoms with E-state index in [2.05, 4.69) is 4.99 Å². The number of carbonyl (C=O) groups is 1. The minimum absolute atomic E-state index is 0.112. The molecule has 1 aromatic carbocycles. The van der Waals surface area contributed by atoms with Crippen molar-refractivity contribution in [3.8, 4) is 5.75 Å². The molecule has 1 amide bonds. The van der Waals surface area contributed by atoms with Gasteiger partial charge in [0.05, 0.1) is 19.0 Å². The molecule has 1 rings (SSSR count). The molecule has 0 fully saturated rings. The summed E-state index contributed by atoms with van der Waals surface area (Å²) in [4.78, 5) is 16.9. The molecule has 0 aromatic heterocycles. The van der Waals surface area contributed by atoms with E-state index < -0.39 is 11.7 Å². The number of nitrogens with zero attached hydrogens (tertiary/aromatic N) is 2. The van der Waals surface area contributed by atoms with Crippen molar-refractivity contribution in [2.75, 3.05) is 21.2 Å². The number of aliphatic imine (C=N–C) groups is 1. The molecule has 4 nitrogen and oxygen atoms in total. The van der Waals surface area contributed by atoms with Gasteiger partial charge in [-0.05, 0) is 18.2 Å². The molecule has 1 aromatic rings. The predicted octanol–water partition coefficient (Wildman–Crippen LogP) is 1.56. The van der Waals surface area contributed by atoms with Crippen molar-refractivity contribution in [3.05, 3.63) is 29.6 Å². The highest BCUT2D eigenvalue weighted by Crippen LogP contribution is 2.19. The molecule has 16 heavy (non-hydrogen) atoms. The highest BCUT2D eigenvalue weighted by atomic mass is 19.1. The zero-order valence-electron chi connectivity index (χ0n) is 9.40. The van der Waals surface area contributed by atoms with E-state index in [-0.39, 0.29) is 5.56 Å².